The van der Waals surface area contributed by atoms with Gasteiger partial charge in [0, 0.05) is 17.6 Å². The van der Waals surface area contributed by atoms with E-state index in [1.165, 1.54) is 6.07 Å². The number of piperidine rings is 1. The average molecular weight is 382 g/mol. The summed E-state index contributed by atoms with van der Waals surface area (Å²) in [4.78, 5) is 0.120. The van der Waals surface area contributed by atoms with Crippen molar-refractivity contribution in [1.29, 1.82) is 0 Å². The molecule has 1 atom stereocenters. The van der Waals surface area contributed by atoms with Crippen LogP contribution in [-0.4, -0.2) is 28.1 Å². The van der Waals surface area contributed by atoms with E-state index in [1.54, 1.807) is 12.1 Å². The number of benzene rings is 1. The number of sulfonamides is 1. The third kappa shape index (κ3) is 3.95. The Morgan fingerprint density at radius 2 is 2.25 bits per heavy atom. The molecule has 7 heteroatoms. The number of rotatable bonds is 4. The van der Waals surface area contributed by atoms with Gasteiger partial charge in [-0.3, -0.25) is 0 Å². The quantitative estimate of drug-likeness (QED) is 0.843. The molecule has 1 aromatic rings. The first-order valence-corrected chi connectivity index (χ1v) is 9.13. The lowest BCUT2D eigenvalue weighted by Crippen LogP contribution is -2.45. The summed E-state index contributed by atoms with van der Waals surface area (Å²) in [5.74, 6) is 0. The maximum absolute atomic E-state index is 12.3. The van der Waals surface area contributed by atoms with Gasteiger partial charge in [0.1, 0.15) is 4.90 Å². The van der Waals surface area contributed by atoms with Gasteiger partial charge in [-0.2, -0.15) is 0 Å². The highest BCUT2D eigenvalue weighted by molar-refractivity contribution is 9.10. The van der Waals surface area contributed by atoms with Crippen LogP contribution in [0, 0.1) is 5.41 Å². The van der Waals surface area contributed by atoms with Gasteiger partial charge in [0.2, 0.25) is 10.0 Å². The highest BCUT2D eigenvalue weighted by Gasteiger charge is 2.29. The minimum Gasteiger partial charge on any atom is -0.316 e. The molecule has 0 radical (unpaired) electrons. The van der Waals surface area contributed by atoms with Gasteiger partial charge in [0.05, 0.1) is 5.02 Å². The van der Waals surface area contributed by atoms with Crippen LogP contribution in [-0.2, 0) is 10.0 Å². The molecule has 0 spiro atoms. The Morgan fingerprint density at radius 3 is 2.85 bits per heavy atom. The lowest BCUT2D eigenvalue weighted by molar-refractivity contribution is 0.238. The Bertz CT molecular complexity index is 586. The highest BCUT2D eigenvalue weighted by Crippen LogP contribution is 2.27. The van der Waals surface area contributed by atoms with E-state index in [9.17, 15) is 8.42 Å². The van der Waals surface area contributed by atoms with Crippen molar-refractivity contribution < 1.29 is 8.42 Å². The average Bonchev–Trinajstić information content (AvgIpc) is 2.37. The first-order chi connectivity index (χ1) is 9.32. The minimum atomic E-state index is -3.58. The SMILES string of the molecule is CC1(CNS(=O)(=O)c2ccc(Br)cc2Cl)CCCNC1. The summed E-state index contributed by atoms with van der Waals surface area (Å²) in [7, 11) is -3.58. The van der Waals surface area contributed by atoms with Gasteiger partial charge in [0.25, 0.3) is 0 Å². The molecule has 0 aromatic heterocycles. The van der Waals surface area contributed by atoms with Gasteiger partial charge in [-0.05, 0) is 43.0 Å². The normalized spacial score (nSPS) is 23.8. The van der Waals surface area contributed by atoms with Crippen LogP contribution in [0.1, 0.15) is 19.8 Å². The third-order valence-corrected chi connectivity index (χ3v) is 5.94. The van der Waals surface area contributed by atoms with Crippen LogP contribution in [0.25, 0.3) is 0 Å². The summed E-state index contributed by atoms with van der Waals surface area (Å²) in [6.45, 7) is 4.32. The van der Waals surface area contributed by atoms with Crippen molar-refractivity contribution in [3.63, 3.8) is 0 Å². The number of hydrogen-bond acceptors (Lipinski definition) is 3. The van der Waals surface area contributed by atoms with Gasteiger partial charge < -0.3 is 5.32 Å². The van der Waals surface area contributed by atoms with Crippen LogP contribution in [0.4, 0.5) is 0 Å². The molecule has 0 bridgehead atoms. The number of halogens is 2. The van der Waals surface area contributed by atoms with Gasteiger partial charge in [-0.1, -0.05) is 34.5 Å². The Morgan fingerprint density at radius 1 is 1.50 bits per heavy atom. The van der Waals surface area contributed by atoms with Crippen LogP contribution >= 0.6 is 27.5 Å². The molecule has 112 valence electrons. The van der Waals surface area contributed by atoms with Gasteiger partial charge >= 0.3 is 0 Å². The standard InChI is InChI=1S/C13H18BrClN2O2S/c1-13(5-2-6-16-8-13)9-17-20(18,19)12-4-3-10(14)7-11(12)15/h3-4,7,16-17H,2,5-6,8-9H2,1H3. The molecule has 1 fully saturated rings. The first-order valence-electron chi connectivity index (χ1n) is 6.48. The fraction of sp³-hybridized carbons (Fsp3) is 0.538. The summed E-state index contributed by atoms with van der Waals surface area (Å²) in [6.07, 6.45) is 2.08. The molecule has 1 aliphatic heterocycles. The molecule has 0 aliphatic carbocycles. The highest BCUT2D eigenvalue weighted by atomic mass is 79.9. The van der Waals surface area contributed by atoms with Crippen molar-refractivity contribution in [3.05, 3.63) is 27.7 Å². The van der Waals surface area contributed by atoms with E-state index >= 15 is 0 Å². The van der Waals surface area contributed by atoms with E-state index in [0.29, 0.717) is 6.54 Å². The Kier molecular flexibility index (Phi) is 5.13. The van der Waals surface area contributed by atoms with Crippen molar-refractivity contribution in [2.24, 2.45) is 5.41 Å². The second kappa shape index (κ2) is 6.32. The zero-order valence-corrected chi connectivity index (χ0v) is 14.4. The molecule has 0 saturated carbocycles. The van der Waals surface area contributed by atoms with Gasteiger partial charge in [-0.25, -0.2) is 13.1 Å². The zero-order chi connectivity index (χ0) is 14.8. The predicted octanol–water partition coefficient (Wildman–Crippen LogP) is 2.77. The predicted molar refractivity (Wildman–Crippen MR) is 84.6 cm³/mol. The largest absolute Gasteiger partial charge is 0.316 e. The molecule has 1 aliphatic rings. The van der Waals surface area contributed by atoms with Crippen molar-refractivity contribution >= 4 is 37.6 Å². The number of nitrogens with one attached hydrogen (secondary N) is 2. The summed E-state index contributed by atoms with van der Waals surface area (Å²) in [5, 5.41) is 3.52. The van der Waals surface area contributed by atoms with Crippen molar-refractivity contribution in [3.8, 4) is 0 Å². The molecule has 2 rings (SSSR count). The second-order valence-corrected chi connectivity index (χ2v) is 8.55. The minimum absolute atomic E-state index is 0.0485. The van der Waals surface area contributed by atoms with E-state index in [1.807, 2.05) is 0 Å². The fourth-order valence-corrected chi connectivity index (χ4v) is 4.54. The smallest absolute Gasteiger partial charge is 0.242 e. The van der Waals surface area contributed by atoms with Crippen LogP contribution in [0.15, 0.2) is 27.6 Å². The zero-order valence-electron chi connectivity index (χ0n) is 11.2. The van der Waals surface area contributed by atoms with Crippen LogP contribution in [0.3, 0.4) is 0 Å². The third-order valence-electron chi connectivity index (χ3n) is 3.56. The molecule has 1 unspecified atom stereocenters. The van der Waals surface area contributed by atoms with E-state index in [-0.39, 0.29) is 15.3 Å². The second-order valence-electron chi connectivity index (χ2n) is 5.49. The van der Waals surface area contributed by atoms with E-state index in [2.05, 4.69) is 32.9 Å². The summed E-state index contributed by atoms with van der Waals surface area (Å²) in [6, 6.07) is 4.76. The summed E-state index contributed by atoms with van der Waals surface area (Å²) < 4.78 is 28.1. The van der Waals surface area contributed by atoms with E-state index in [4.69, 9.17) is 11.6 Å². The Hall–Kier alpha value is -0.140. The van der Waals surface area contributed by atoms with E-state index in [0.717, 1.165) is 30.4 Å². The molecule has 2 N–H and O–H groups in total. The van der Waals surface area contributed by atoms with E-state index < -0.39 is 10.0 Å². The van der Waals surface area contributed by atoms with Crippen molar-refractivity contribution in [2.75, 3.05) is 19.6 Å². The first kappa shape index (κ1) is 16.2. The molecular weight excluding hydrogens is 364 g/mol. The van der Waals surface area contributed by atoms with Crippen LogP contribution in [0.5, 0.6) is 0 Å². The molecule has 4 nitrogen and oxygen atoms in total. The maximum atomic E-state index is 12.3. The van der Waals surface area contributed by atoms with Crippen LogP contribution in [0.2, 0.25) is 5.02 Å². The monoisotopic (exact) mass is 380 g/mol. The fourth-order valence-electron chi connectivity index (χ4n) is 2.31. The molecule has 1 saturated heterocycles. The maximum Gasteiger partial charge on any atom is 0.242 e. The molecule has 1 heterocycles. The molecule has 20 heavy (non-hydrogen) atoms. The lowest BCUT2D eigenvalue weighted by atomic mass is 9.83. The summed E-state index contributed by atoms with van der Waals surface area (Å²) >= 11 is 9.27. The molecular formula is C13H18BrClN2O2S. The van der Waals surface area contributed by atoms with Crippen LogP contribution < -0.4 is 10.0 Å². The molecule has 0 amide bonds. The van der Waals surface area contributed by atoms with Crippen molar-refractivity contribution in [1.82, 2.24) is 10.0 Å². The van der Waals surface area contributed by atoms with Crippen molar-refractivity contribution in [2.45, 2.75) is 24.7 Å². The molecule has 1 aromatic carbocycles. The lowest BCUT2D eigenvalue weighted by Gasteiger charge is -2.34. The van der Waals surface area contributed by atoms with Gasteiger partial charge in [-0.15, -0.1) is 0 Å². The summed E-state index contributed by atoms with van der Waals surface area (Å²) in [5.41, 5.74) is -0.0485. The Balaban J connectivity index is 2.11. The topological polar surface area (TPSA) is 58.2 Å². The number of hydrogen-bond donors (Lipinski definition) is 2. The Labute approximate surface area is 133 Å². The van der Waals surface area contributed by atoms with Gasteiger partial charge in [0.15, 0.2) is 0 Å².